The van der Waals surface area contributed by atoms with Crippen LogP contribution < -0.4 is 10.6 Å². The van der Waals surface area contributed by atoms with E-state index in [4.69, 9.17) is 5.26 Å². The molecule has 1 heterocycles. The molecule has 2 aromatic carbocycles. The number of carbonyl (C=O) groups excluding carboxylic acids is 1. The molecule has 0 radical (unpaired) electrons. The van der Waals surface area contributed by atoms with E-state index in [1.54, 1.807) is 54.6 Å². The highest BCUT2D eigenvalue weighted by Gasteiger charge is 2.05. The molecule has 0 bridgehead atoms. The van der Waals surface area contributed by atoms with E-state index < -0.39 is 0 Å². The fourth-order valence-corrected chi connectivity index (χ4v) is 2.23. The first kappa shape index (κ1) is 16.9. The Bertz CT molecular complexity index is 947. The standard InChI is InChI=1S/C19H15N5O2/c1-26-19(25)14-4-8-16(9-5-14)24-18-10-17(21-12-22-18)23-15-6-2-13(11-20)3-7-15/h2-10,12H,1H3,(H2,21,22,23,24). The van der Waals surface area contributed by atoms with E-state index in [0.717, 1.165) is 11.4 Å². The number of anilines is 4. The average Bonchev–Trinajstić information content (AvgIpc) is 2.69. The quantitative estimate of drug-likeness (QED) is 0.681. The Morgan fingerprint density at radius 1 is 0.962 bits per heavy atom. The summed E-state index contributed by atoms with van der Waals surface area (Å²) >= 11 is 0. The van der Waals surface area contributed by atoms with Crippen molar-refractivity contribution in [2.75, 3.05) is 17.7 Å². The third kappa shape index (κ3) is 4.13. The summed E-state index contributed by atoms with van der Waals surface area (Å²) in [5.74, 6) is 0.827. The first-order valence-electron chi connectivity index (χ1n) is 7.72. The zero-order valence-corrected chi connectivity index (χ0v) is 13.9. The molecule has 1 aromatic heterocycles. The van der Waals surface area contributed by atoms with Crippen molar-refractivity contribution in [2.45, 2.75) is 0 Å². The Morgan fingerprint density at radius 2 is 1.50 bits per heavy atom. The van der Waals surface area contributed by atoms with Crippen LogP contribution >= 0.6 is 0 Å². The molecule has 0 aliphatic carbocycles. The second-order valence-corrected chi connectivity index (χ2v) is 5.30. The number of nitriles is 1. The van der Waals surface area contributed by atoms with Gasteiger partial charge in [0.1, 0.15) is 18.0 Å². The van der Waals surface area contributed by atoms with E-state index in [1.165, 1.54) is 13.4 Å². The van der Waals surface area contributed by atoms with E-state index >= 15 is 0 Å². The number of benzene rings is 2. The third-order valence-corrected chi connectivity index (χ3v) is 3.53. The molecule has 0 saturated heterocycles. The summed E-state index contributed by atoms with van der Waals surface area (Å²) in [6.45, 7) is 0. The van der Waals surface area contributed by atoms with Gasteiger partial charge < -0.3 is 15.4 Å². The summed E-state index contributed by atoms with van der Waals surface area (Å²) in [4.78, 5) is 19.8. The number of nitrogens with zero attached hydrogens (tertiary/aromatic N) is 3. The molecule has 0 amide bonds. The van der Waals surface area contributed by atoms with E-state index in [2.05, 4.69) is 31.4 Å². The highest BCUT2D eigenvalue weighted by molar-refractivity contribution is 5.89. The minimum Gasteiger partial charge on any atom is -0.465 e. The summed E-state index contributed by atoms with van der Waals surface area (Å²) in [6, 6.07) is 17.8. The van der Waals surface area contributed by atoms with Gasteiger partial charge in [-0.05, 0) is 48.5 Å². The van der Waals surface area contributed by atoms with Crippen LogP contribution in [0.25, 0.3) is 0 Å². The molecule has 0 aliphatic heterocycles. The number of nitrogens with one attached hydrogen (secondary N) is 2. The Morgan fingerprint density at radius 3 is 2.00 bits per heavy atom. The van der Waals surface area contributed by atoms with Gasteiger partial charge in [0.25, 0.3) is 0 Å². The summed E-state index contributed by atoms with van der Waals surface area (Å²) in [6.07, 6.45) is 1.44. The molecule has 0 aliphatic rings. The number of esters is 1. The molecular weight excluding hydrogens is 330 g/mol. The van der Waals surface area contributed by atoms with Crippen LogP contribution in [0.15, 0.2) is 60.9 Å². The van der Waals surface area contributed by atoms with Crippen LogP contribution in [0.4, 0.5) is 23.0 Å². The van der Waals surface area contributed by atoms with E-state index in [0.29, 0.717) is 22.8 Å². The molecule has 0 atom stereocenters. The van der Waals surface area contributed by atoms with Gasteiger partial charge in [0.15, 0.2) is 0 Å². The first-order chi connectivity index (χ1) is 12.7. The Balaban J connectivity index is 1.70. The number of hydrogen-bond acceptors (Lipinski definition) is 7. The number of aromatic nitrogens is 2. The lowest BCUT2D eigenvalue weighted by Crippen LogP contribution is -2.01. The maximum atomic E-state index is 11.5. The number of ether oxygens (including phenoxy) is 1. The molecule has 0 unspecified atom stereocenters. The van der Waals surface area contributed by atoms with Crippen molar-refractivity contribution in [3.63, 3.8) is 0 Å². The van der Waals surface area contributed by atoms with Crippen molar-refractivity contribution in [1.82, 2.24) is 9.97 Å². The van der Waals surface area contributed by atoms with Crippen molar-refractivity contribution in [2.24, 2.45) is 0 Å². The lowest BCUT2D eigenvalue weighted by molar-refractivity contribution is 0.0601. The topological polar surface area (TPSA) is 99.9 Å². The van der Waals surface area contributed by atoms with Crippen LogP contribution in [0.5, 0.6) is 0 Å². The van der Waals surface area contributed by atoms with Gasteiger partial charge in [-0.1, -0.05) is 0 Å². The van der Waals surface area contributed by atoms with Crippen molar-refractivity contribution in [3.8, 4) is 6.07 Å². The maximum Gasteiger partial charge on any atom is 0.337 e. The molecule has 0 spiro atoms. The SMILES string of the molecule is COC(=O)c1ccc(Nc2cc(Nc3ccc(C#N)cc3)ncn2)cc1. The summed E-state index contributed by atoms with van der Waals surface area (Å²) in [7, 11) is 1.35. The fraction of sp³-hybridized carbons (Fsp3) is 0.0526. The van der Waals surface area contributed by atoms with E-state index in [1.807, 2.05) is 0 Å². The molecule has 3 aromatic rings. The zero-order valence-electron chi connectivity index (χ0n) is 13.9. The minimum atomic E-state index is -0.382. The van der Waals surface area contributed by atoms with Crippen molar-refractivity contribution in [3.05, 3.63) is 72.1 Å². The highest BCUT2D eigenvalue weighted by Crippen LogP contribution is 2.20. The summed E-state index contributed by atoms with van der Waals surface area (Å²) in [5.41, 5.74) is 2.66. The number of hydrogen-bond donors (Lipinski definition) is 2. The molecular formula is C19H15N5O2. The average molecular weight is 345 g/mol. The van der Waals surface area contributed by atoms with Crippen LogP contribution in [0.3, 0.4) is 0 Å². The number of carbonyl (C=O) groups is 1. The van der Waals surface area contributed by atoms with E-state index in [9.17, 15) is 4.79 Å². The first-order valence-corrected chi connectivity index (χ1v) is 7.72. The Kier molecular flexibility index (Phi) is 5.05. The predicted molar refractivity (Wildman–Crippen MR) is 97.5 cm³/mol. The molecule has 3 rings (SSSR count). The van der Waals surface area contributed by atoms with Crippen LogP contribution in [0.1, 0.15) is 15.9 Å². The van der Waals surface area contributed by atoms with Gasteiger partial charge >= 0.3 is 5.97 Å². The highest BCUT2D eigenvalue weighted by atomic mass is 16.5. The maximum absolute atomic E-state index is 11.5. The number of methoxy groups -OCH3 is 1. The van der Waals surface area contributed by atoms with Gasteiger partial charge in [-0.15, -0.1) is 0 Å². The van der Waals surface area contributed by atoms with Crippen LogP contribution in [0, 0.1) is 11.3 Å². The van der Waals surface area contributed by atoms with Crippen LogP contribution in [0.2, 0.25) is 0 Å². The molecule has 7 nitrogen and oxygen atoms in total. The van der Waals surface area contributed by atoms with Gasteiger partial charge in [-0.2, -0.15) is 5.26 Å². The van der Waals surface area contributed by atoms with Gasteiger partial charge in [-0.3, -0.25) is 0 Å². The minimum absolute atomic E-state index is 0.382. The lowest BCUT2D eigenvalue weighted by atomic mass is 10.2. The lowest BCUT2D eigenvalue weighted by Gasteiger charge is -2.09. The van der Waals surface area contributed by atoms with Crippen molar-refractivity contribution < 1.29 is 9.53 Å². The predicted octanol–water partition coefficient (Wildman–Crippen LogP) is 3.62. The van der Waals surface area contributed by atoms with E-state index in [-0.39, 0.29) is 5.97 Å². The van der Waals surface area contributed by atoms with Gasteiger partial charge in [0.2, 0.25) is 0 Å². The monoisotopic (exact) mass is 345 g/mol. The fourth-order valence-electron chi connectivity index (χ4n) is 2.23. The Hall–Kier alpha value is -3.92. The molecule has 7 heteroatoms. The molecule has 0 fully saturated rings. The van der Waals surface area contributed by atoms with Gasteiger partial charge in [0.05, 0.1) is 24.3 Å². The molecule has 0 saturated carbocycles. The summed E-state index contributed by atoms with van der Waals surface area (Å²) < 4.78 is 4.68. The van der Waals surface area contributed by atoms with Gasteiger partial charge in [-0.25, -0.2) is 14.8 Å². The van der Waals surface area contributed by atoms with Gasteiger partial charge in [0, 0.05) is 17.4 Å². The normalized spacial score (nSPS) is 9.85. The zero-order chi connectivity index (χ0) is 18.4. The Labute approximate surface area is 150 Å². The largest absolute Gasteiger partial charge is 0.465 e. The molecule has 128 valence electrons. The second kappa shape index (κ2) is 7.77. The van der Waals surface area contributed by atoms with Crippen LogP contribution in [-0.2, 0) is 4.74 Å². The second-order valence-electron chi connectivity index (χ2n) is 5.30. The third-order valence-electron chi connectivity index (χ3n) is 3.53. The molecule has 2 N–H and O–H groups in total. The van der Waals surface area contributed by atoms with Crippen LogP contribution in [-0.4, -0.2) is 23.0 Å². The summed E-state index contributed by atoms with van der Waals surface area (Å²) in [5, 5.41) is 15.1. The van der Waals surface area contributed by atoms with Crippen molar-refractivity contribution >= 4 is 29.0 Å². The smallest absolute Gasteiger partial charge is 0.337 e. The molecule has 26 heavy (non-hydrogen) atoms. The van der Waals surface area contributed by atoms with Crippen molar-refractivity contribution in [1.29, 1.82) is 5.26 Å². The number of rotatable bonds is 5.